The Labute approximate surface area is 117 Å². The van der Waals surface area contributed by atoms with Crippen LogP contribution in [0.25, 0.3) is 5.65 Å². The molecule has 0 N–H and O–H groups in total. The highest BCUT2D eigenvalue weighted by molar-refractivity contribution is 5.63. The molecule has 20 heavy (non-hydrogen) atoms. The van der Waals surface area contributed by atoms with E-state index < -0.39 is 0 Å². The molecule has 1 aliphatic heterocycles. The number of piperazine rings is 1. The maximum absolute atomic E-state index is 8.97. The van der Waals surface area contributed by atoms with Crippen molar-refractivity contribution in [2.24, 2.45) is 0 Å². The van der Waals surface area contributed by atoms with Gasteiger partial charge in [0, 0.05) is 38.6 Å². The summed E-state index contributed by atoms with van der Waals surface area (Å²) in [5.74, 6) is 1.73. The van der Waals surface area contributed by atoms with E-state index in [1.165, 1.54) is 0 Å². The van der Waals surface area contributed by atoms with E-state index in [1.54, 1.807) is 6.20 Å². The summed E-state index contributed by atoms with van der Waals surface area (Å²) >= 11 is 0. The lowest BCUT2D eigenvalue weighted by atomic mass is 10.2. The molecule has 7 nitrogen and oxygen atoms in total. The van der Waals surface area contributed by atoms with E-state index in [2.05, 4.69) is 31.1 Å². The summed E-state index contributed by atoms with van der Waals surface area (Å²) in [5, 5.41) is 17.3. The second-order valence-electron chi connectivity index (χ2n) is 5.02. The number of aryl methyl sites for hydroxylation is 1. The molecule has 3 rings (SSSR count). The molecule has 1 saturated heterocycles. The Morgan fingerprint density at radius 1 is 1.25 bits per heavy atom. The lowest BCUT2D eigenvalue weighted by Crippen LogP contribution is -2.49. The van der Waals surface area contributed by atoms with E-state index >= 15 is 0 Å². The molecule has 2 aromatic rings. The van der Waals surface area contributed by atoms with Crippen LogP contribution in [0, 0.1) is 18.3 Å². The Bertz CT molecular complexity index is 648. The van der Waals surface area contributed by atoms with Crippen molar-refractivity contribution in [3.05, 3.63) is 18.2 Å². The zero-order valence-electron chi connectivity index (χ0n) is 11.7. The average Bonchev–Trinajstić information content (AvgIpc) is 2.88. The highest BCUT2D eigenvalue weighted by Gasteiger charge is 2.23. The van der Waals surface area contributed by atoms with Gasteiger partial charge in [0.25, 0.3) is 0 Å². The van der Waals surface area contributed by atoms with Gasteiger partial charge < -0.3 is 4.90 Å². The van der Waals surface area contributed by atoms with Crippen LogP contribution in [0.15, 0.2) is 12.4 Å². The third kappa shape index (κ3) is 2.08. The molecule has 1 aliphatic rings. The maximum Gasteiger partial charge on any atom is 0.203 e. The monoisotopic (exact) mass is 271 g/mol. The van der Waals surface area contributed by atoms with Crippen LogP contribution in [0.3, 0.4) is 0 Å². The largest absolute Gasteiger partial charge is 0.351 e. The normalized spacial score (nSPS) is 18.1. The quantitative estimate of drug-likeness (QED) is 0.790. The van der Waals surface area contributed by atoms with Crippen molar-refractivity contribution < 1.29 is 0 Å². The van der Waals surface area contributed by atoms with Gasteiger partial charge in [0.15, 0.2) is 5.82 Å². The Morgan fingerprint density at radius 2 is 2.00 bits per heavy atom. The molecular weight excluding hydrogens is 254 g/mol. The van der Waals surface area contributed by atoms with Crippen LogP contribution in [0.1, 0.15) is 12.7 Å². The van der Waals surface area contributed by atoms with E-state index in [0.717, 1.165) is 43.5 Å². The van der Waals surface area contributed by atoms with E-state index in [-0.39, 0.29) is 6.04 Å². The fourth-order valence-electron chi connectivity index (χ4n) is 2.55. The zero-order chi connectivity index (χ0) is 14.1. The van der Waals surface area contributed by atoms with Gasteiger partial charge in [-0.05, 0) is 13.8 Å². The van der Waals surface area contributed by atoms with Gasteiger partial charge >= 0.3 is 0 Å². The lowest BCUT2D eigenvalue weighted by molar-refractivity contribution is 0.231. The molecule has 0 aliphatic carbocycles. The van der Waals surface area contributed by atoms with Gasteiger partial charge in [0.1, 0.15) is 5.82 Å². The first-order chi connectivity index (χ1) is 9.70. The summed E-state index contributed by atoms with van der Waals surface area (Å²) in [6, 6.07) is 2.26. The molecule has 0 spiro atoms. The Morgan fingerprint density at radius 3 is 2.70 bits per heavy atom. The predicted molar refractivity (Wildman–Crippen MR) is 74.4 cm³/mol. The van der Waals surface area contributed by atoms with Gasteiger partial charge in [-0.3, -0.25) is 9.30 Å². The highest BCUT2D eigenvalue weighted by Crippen LogP contribution is 2.19. The van der Waals surface area contributed by atoms with Crippen LogP contribution < -0.4 is 4.90 Å². The first-order valence-corrected chi connectivity index (χ1v) is 6.75. The summed E-state index contributed by atoms with van der Waals surface area (Å²) in [4.78, 5) is 8.85. The van der Waals surface area contributed by atoms with Crippen molar-refractivity contribution in [3.8, 4) is 6.07 Å². The van der Waals surface area contributed by atoms with Gasteiger partial charge in [-0.15, -0.1) is 10.2 Å². The lowest BCUT2D eigenvalue weighted by Gasteiger charge is -2.36. The van der Waals surface area contributed by atoms with Gasteiger partial charge in [-0.25, -0.2) is 4.98 Å². The molecule has 104 valence electrons. The van der Waals surface area contributed by atoms with Crippen LogP contribution in [0.2, 0.25) is 0 Å². The van der Waals surface area contributed by atoms with Crippen LogP contribution >= 0.6 is 0 Å². The molecule has 1 fully saturated rings. The smallest absolute Gasteiger partial charge is 0.203 e. The number of hydrogen-bond donors (Lipinski definition) is 0. The summed E-state index contributed by atoms with van der Waals surface area (Å²) in [5.41, 5.74) is 0.798. The maximum atomic E-state index is 8.97. The topological polar surface area (TPSA) is 73.3 Å². The average molecular weight is 271 g/mol. The minimum absolute atomic E-state index is 0.0313. The summed E-state index contributed by atoms with van der Waals surface area (Å²) in [6.45, 7) is 7.30. The Kier molecular flexibility index (Phi) is 3.24. The fraction of sp³-hybridized carbons (Fsp3) is 0.538. The van der Waals surface area contributed by atoms with Crippen molar-refractivity contribution in [2.45, 2.75) is 19.9 Å². The van der Waals surface area contributed by atoms with E-state index in [0.29, 0.717) is 0 Å². The predicted octanol–water partition coefficient (Wildman–Crippen LogP) is 0.467. The standard InChI is InChI=1S/C13H17N7/c1-10(9-14)18-5-7-19(8-6-18)12-13-17-16-11(2)20(13)4-3-15-12/h3-4,10H,5-8H2,1-2H3. The summed E-state index contributed by atoms with van der Waals surface area (Å²) < 4.78 is 1.95. The molecule has 0 amide bonds. The van der Waals surface area contributed by atoms with Gasteiger partial charge in [0.05, 0.1) is 12.1 Å². The molecule has 7 heteroatoms. The number of anilines is 1. The summed E-state index contributed by atoms with van der Waals surface area (Å²) in [7, 11) is 0. The number of nitrogens with zero attached hydrogens (tertiary/aromatic N) is 7. The SMILES string of the molecule is Cc1nnc2c(N3CCN(C(C)C#N)CC3)nccn12. The van der Waals surface area contributed by atoms with Crippen LogP contribution in [0.5, 0.6) is 0 Å². The molecule has 3 heterocycles. The fourth-order valence-corrected chi connectivity index (χ4v) is 2.55. The van der Waals surface area contributed by atoms with Gasteiger partial charge in [0.2, 0.25) is 5.65 Å². The number of hydrogen-bond acceptors (Lipinski definition) is 6. The molecule has 0 bridgehead atoms. The number of nitriles is 1. The van der Waals surface area contributed by atoms with Crippen molar-refractivity contribution in [2.75, 3.05) is 31.1 Å². The molecule has 0 radical (unpaired) electrons. The van der Waals surface area contributed by atoms with Crippen LogP contribution in [-0.4, -0.2) is 56.7 Å². The molecule has 1 atom stereocenters. The zero-order valence-corrected chi connectivity index (χ0v) is 11.7. The first kappa shape index (κ1) is 12.8. The Balaban J connectivity index is 1.82. The van der Waals surface area contributed by atoms with Crippen LogP contribution in [0.4, 0.5) is 5.82 Å². The number of aromatic nitrogens is 4. The molecule has 2 aromatic heterocycles. The molecular formula is C13H17N7. The van der Waals surface area contributed by atoms with Crippen molar-refractivity contribution in [3.63, 3.8) is 0 Å². The van der Waals surface area contributed by atoms with E-state index in [4.69, 9.17) is 5.26 Å². The molecule has 0 aromatic carbocycles. The third-order valence-electron chi connectivity index (χ3n) is 3.83. The second kappa shape index (κ2) is 5.06. The van der Waals surface area contributed by atoms with Crippen molar-refractivity contribution in [1.82, 2.24) is 24.5 Å². The second-order valence-corrected chi connectivity index (χ2v) is 5.02. The summed E-state index contributed by atoms with van der Waals surface area (Å²) in [6.07, 6.45) is 3.66. The van der Waals surface area contributed by atoms with Gasteiger partial charge in [-0.1, -0.05) is 0 Å². The first-order valence-electron chi connectivity index (χ1n) is 6.75. The number of rotatable bonds is 2. The van der Waals surface area contributed by atoms with Gasteiger partial charge in [-0.2, -0.15) is 5.26 Å². The minimum Gasteiger partial charge on any atom is -0.351 e. The van der Waals surface area contributed by atoms with E-state index in [1.807, 2.05) is 24.4 Å². The van der Waals surface area contributed by atoms with Crippen molar-refractivity contribution in [1.29, 1.82) is 5.26 Å². The number of fused-ring (bicyclic) bond motifs is 1. The van der Waals surface area contributed by atoms with Crippen molar-refractivity contribution >= 4 is 11.5 Å². The van der Waals surface area contributed by atoms with E-state index in [9.17, 15) is 0 Å². The molecule has 0 saturated carbocycles. The van der Waals surface area contributed by atoms with Crippen LogP contribution in [-0.2, 0) is 0 Å². The minimum atomic E-state index is -0.0313. The third-order valence-corrected chi connectivity index (χ3v) is 3.83. The Hall–Kier alpha value is -2.20. The highest BCUT2D eigenvalue weighted by atomic mass is 15.3. The molecule has 1 unspecified atom stereocenters.